The van der Waals surface area contributed by atoms with Crippen LogP contribution in [0.1, 0.15) is 148 Å². The average Bonchev–Trinajstić information content (AvgIpc) is 3.44. The van der Waals surface area contributed by atoms with Gasteiger partial charge in [0.25, 0.3) is 7.41 Å². The van der Waals surface area contributed by atoms with Crippen LogP contribution in [0.25, 0.3) is 39.1 Å². The lowest BCUT2D eigenvalue weighted by Crippen LogP contribution is -2.13. The molecule has 2 heterocycles. The second-order valence-corrected chi connectivity index (χ2v) is 22.3. The molecule has 0 amide bonds. The van der Waals surface area contributed by atoms with Gasteiger partial charge in [-0.3, -0.25) is 0 Å². The third-order valence-electron chi connectivity index (χ3n) is 14.7. The van der Waals surface area contributed by atoms with E-state index in [-0.39, 0.29) is 16.2 Å². The summed E-state index contributed by atoms with van der Waals surface area (Å²) in [6.07, 6.45) is 7.41. The van der Waals surface area contributed by atoms with Crippen molar-refractivity contribution in [2.24, 2.45) is 0 Å². The zero-order valence-electron chi connectivity index (χ0n) is 39.9. The van der Waals surface area contributed by atoms with Crippen LogP contribution >= 0.6 is 0 Å². The molecule has 0 atom stereocenters. The SMILES string of the molecule is Cc1ccc(C2=C3CCCc4cc(C(C)(C)C)ccc4C3=C3C[B]n4c(c(-c5ccc(C)cc5)c5c4-c4ccc(C(C)(C)C)cc4CCC5)C(c4ccc(C(C)(C)C)cc4)=C32)cc1. The van der Waals surface area contributed by atoms with Gasteiger partial charge >= 0.3 is 0 Å². The fourth-order valence-electron chi connectivity index (χ4n) is 11.1. The Balaban J connectivity index is 1.37. The largest absolute Gasteiger partial charge is 0.389 e. The smallest absolute Gasteiger partial charge is 0.257 e. The van der Waals surface area contributed by atoms with Crippen molar-refractivity contribution in [2.45, 2.75) is 137 Å². The Kier molecular flexibility index (Phi) is 10.0. The molecule has 0 N–H and O–H groups in total. The van der Waals surface area contributed by atoms with Gasteiger partial charge in [0.1, 0.15) is 0 Å². The summed E-state index contributed by atoms with van der Waals surface area (Å²) in [5.74, 6) is 0. The van der Waals surface area contributed by atoms with Crippen LogP contribution in [0.15, 0.2) is 126 Å². The van der Waals surface area contributed by atoms with Crippen LogP contribution in [0.2, 0.25) is 6.32 Å². The first kappa shape index (κ1) is 41.7. The van der Waals surface area contributed by atoms with Crippen molar-refractivity contribution < 1.29 is 0 Å². The van der Waals surface area contributed by atoms with E-state index in [0.717, 1.165) is 44.8 Å². The molecule has 6 aromatic rings. The number of aromatic nitrogens is 1. The molecule has 4 aliphatic rings. The predicted molar refractivity (Wildman–Crippen MR) is 271 cm³/mol. The molecular formula is C61H65BN. The predicted octanol–water partition coefficient (Wildman–Crippen LogP) is 15.8. The topological polar surface area (TPSA) is 4.93 Å². The highest BCUT2D eigenvalue weighted by molar-refractivity contribution is 6.39. The van der Waals surface area contributed by atoms with Crippen LogP contribution < -0.4 is 0 Å². The van der Waals surface area contributed by atoms with Crippen LogP contribution in [0, 0.1) is 13.8 Å². The summed E-state index contributed by atoms with van der Waals surface area (Å²) in [5.41, 5.74) is 31.1. The molecule has 3 aliphatic carbocycles. The summed E-state index contributed by atoms with van der Waals surface area (Å²) in [5, 5.41) is 0. The summed E-state index contributed by atoms with van der Waals surface area (Å²) in [4.78, 5) is 0. The maximum atomic E-state index is 2.70. The number of hydrogen-bond acceptors (Lipinski definition) is 0. The monoisotopic (exact) mass is 823 g/mol. The molecule has 1 aromatic heterocycles. The molecule has 317 valence electrons. The summed E-state index contributed by atoms with van der Waals surface area (Å²) in [6.45, 7) is 25.6. The van der Waals surface area contributed by atoms with Crippen LogP contribution in [0.4, 0.5) is 0 Å². The normalized spacial score (nSPS) is 16.3. The number of rotatable bonds is 3. The van der Waals surface area contributed by atoms with Crippen LogP contribution in [0.5, 0.6) is 0 Å². The molecule has 0 bridgehead atoms. The van der Waals surface area contributed by atoms with E-state index in [0.29, 0.717) is 0 Å². The number of allylic oxidation sites excluding steroid dienone is 5. The average molecular weight is 823 g/mol. The van der Waals surface area contributed by atoms with Gasteiger partial charge in [0.2, 0.25) is 0 Å². The van der Waals surface area contributed by atoms with Gasteiger partial charge in [-0.2, -0.15) is 0 Å². The molecule has 0 saturated carbocycles. The van der Waals surface area contributed by atoms with Crippen molar-refractivity contribution in [3.05, 3.63) is 193 Å². The molecule has 0 fully saturated rings. The number of benzene rings is 5. The molecule has 5 aromatic carbocycles. The fourth-order valence-corrected chi connectivity index (χ4v) is 11.1. The maximum absolute atomic E-state index is 2.70. The summed E-state index contributed by atoms with van der Waals surface area (Å²) in [6, 6.07) is 43.5. The Hall–Kier alpha value is -5.34. The van der Waals surface area contributed by atoms with E-state index in [2.05, 4.69) is 197 Å². The van der Waals surface area contributed by atoms with E-state index in [1.54, 1.807) is 0 Å². The van der Waals surface area contributed by atoms with Gasteiger partial charge in [-0.05, 0) is 158 Å². The molecule has 0 spiro atoms. The Labute approximate surface area is 379 Å². The van der Waals surface area contributed by atoms with Gasteiger partial charge in [0.05, 0.1) is 0 Å². The highest BCUT2D eigenvalue weighted by Crippen LogP contribution is 2.58. The molecular weight excluding hydrogens is 757 g/mol. The van der Waals surface area contributed by atoms with E-state index in [4.69, 9.17) is 0 Å². The van der Waals surface area contributed by atoms with E-state index >= 15 is 0 Å². The van der Waals surface area contributed by atoms with Gasteiger partial charge in [-0.1, -0.05) is 183 Å². The van der Waals surface area contributed by atoms with Gasteiger partial charge in [-0.15, -0.1) is 0 Å². The Bertz CT molecular complexity index is 2900. The lowest BCUT2D eigenvalue weighted by atomic mass is 9.77. The quantitative estimate of drug-likeness (QED) is 0.157. The van der Waals surface area contributed by atoms with Gasteiger partial charge < -0.3 is 4.48 Å². The zero-order chi connectivity index (χ0) is 44.2. The standard InChI is InChI=1S/C61H65BN/c1-37-18-22-39(23-19-37)52-49-16-12-14-42-34-45(60(6,7)8)30-32-47(42)55(49)51-36-62-63-57-48-33-31-46(61(9,10)11)35-43(48)15-13-17-50(57)53(40-24-20-38(2)21-25-40)58(63)54(56(51)52)41-26-28-44(29-27-41)59(3,4)5/h18-35H,12-17,36H2,1-11H3. The second kappa shape index (κ2) is 15.1. The number of aryl methyl sites for hydroxylation is 4. The van der Waals surface area contributed by atoms with E-state index in [1.165, 1.54) is 123 Å². The minimum absolute atomic E-state index is 0.0478. The summed E-state index contributed by atoms with van der Waals surface area (Å²) >= 11 is 0. The molecule has 0 saturated heterocycles. The molecule has 0 unspecified atom stereocenters. The van der Waals surface area contributed by atoms with Crippen LogP contribution in [0.3, 0.4) is 0 Å². The minimum Gasteiger partial charge on any atom is -0.389 e. The Morgan fingerprint density at radius 2 is 0.921 bits per heavy atom. The number of nitrogens with zero attached hydrogens (tertiary/aromatic N) is 1. The molecule has 2 heteroatoms. The minimum atomic E-state index is 0.0478. The zero-order valence-corrected chi connectivity index (χ0v) is 39.9. The van der Waals surface area contributed by atoms with Crippen molar-refractivity contribution >= 4 is 24.1 Å². The van der Waals surface area contributed by atoms with Crippen molar-refractivity contribution in [3.8, 4) is 22.4 Å². The number of hydrogen-bond donors (Lipinski definition) is 0. The van der Waals surface area contributed by atoms with Crippen LogP contribution in [-0.4, -0.2) is 11.9 Å². The highest BCUT2D eigenvalue weighted by atomic mass is 14.9. The lowest BCUT2D eigenvalue weighted by molar-refractivity contribution is 0.589. The second-order valence-electron chi connectivity index (χ2n) is 22.3. The molecule has 1 radical (unpaired) electrons. The lowest BCUT2D eigenvalue weighted by Gasteiger charge is -2.23. The maximum Gasteiger partial charge on any atom is 0.257 e. The van der Waals surface area contributed by atoms with Crippen molar-refractivity contribution in [1.82, 2.24) is 4.48 Å². The van der Waals surface area contributed by atoms with Gasteiger partial charge in [-0.25, -0.2) is 0 Å². The van der Waals surface area contributed by atoms with Gasteiger partial charge in [0.15, 0.2) is 0 Å². The van der Waals surface area contributed by atoms with Crippen molar-refractivity contribution in [1.29, 1.82) is 0 Å². The van der Waals surface area contributed by atoms with Crippen molar-refractivity contribution in [3.63, 3.8) is 0 Å². The molecule has 1 aliphatic heterocycles. The van der Waals surface area contributed by atoms with Crippen LogP contribution in [-0.2, 0) is 35.5 Å². The first-order valence-electron chi connectivity index (χ1n) is 23.8. The third-order valence-corrected chi connectivity index (χ3v) is 14.7. The Morgan fingerprint density at radius 1 is 0.429 bits per heavy atom. The Morgan fingerprint density at radius 3 is 1.51 bits per heavy atom. The van der Waals surface area contributed by atoms with E-state index < -0.39 is 0 Å². The summed E-state index contributed by atoms with van der Waals surface area (Å²) in [7, 11) is 2.60. The molecule has 1 nitrogen and oxygen atoms in total. The van der Waals surface area contributed by atoms with E-state index in [1.807, 2.05) is 0 Å². The van der Waals surface area contributed by atoms with Gasteiger partial charge in [0, 0.05) is 28.1 Å². The summed E-state index contributed by atoms with van der Waals surface area (Å²) < 4.78 is 2.70. The first-order chi connectivity index (χ1) is 30.0. The highest BCUT2D eigenvalue weighted by Gasteiger charge is 2.40. The first-order valence-corrected chi connectivity index (χ1v) is 23.8. The molecule has 10 rings (SSSR count). The number of fused-ring (bicyclic) bond motifs is 9. The van der Waals surface area contributed by atoms with Crippen molar-refractivity contribution in [2.75, 3.05) is 0 Å². The third kappa shape index (κ3) is 7.17. The van der Waals surface area contributed by atoms with E-state index in [9.17, 15) is 0 Å². The fraction of sp³-hybridized carbons (Fsp3) is 0.344. The molecule has 63 heavy (non-hydrogen) atoms.